The summed E-state index contributed by atoms with van der Waals surface area (Å²) in [6.45, 7) is 0. The fourth-order valence-corrected chi connectivity index (χ4v) is 6.47. The Labute approximate surface area is 248 Å². The second-order valence-corrected chi connectivity index (χ2v) is 10.7. The normalized spacial score (nSPS) is 27.3. The zero-order chi connectivity index (χ0) is 31.9. The molecule has 0 aromatic heterocycles. The summed E-state index contributed by atoms with van der Waals surface area (Å²) < 4.78 is 21.9. The Hall–Kier alpha value is -5.08. The minimum absolute atomic E-state index is 0.0963. The largest absolute Gasteiger partial charge is 0.507 e. The van der Waals surface area contributed by atoms with Crippen LogP contribution in [0, 0.1) is 0 Å². The summed E-state index contributed by atoms with van der Waals surface area (Å²) in [7, 11) is 1.97. The van der Waals surface area contributed by atoms with Crippen LogP contribution in [0.4, 0.5) is 0 Å². The first-order valence-electron chi connectivity index (χ1n) is 13.4. The van der Waals surface area contributed by atoms with Gasteiger partial charge in [0.1, 0.15) is 57.9 Å². The second kappa shape index (κ2) is 9.72. The highest BCUT2D eigenvalue weighted by atomic mass is 16.6. The molecular formula is C30H26O14. The number of methoxy groups -OCH3 is 2. The maximum atomic E-state index is 13.2. The number of carbonyl (C=O) groups excluding carboxylic acids is 4. The monoisotopic (exact) mass is 610 g/mol. The van der Waals surface area contributed by atoms with Gasteiger partial charge in [-0.1, -0.05) is 0 Å². The molecule has 2 aromatic carbocycles. The number of benzene rings is 2. The molecule has 2 aliphatic carbocycles. The van der Waals surface area contributed by atoms with E-state index >= 15 is 0 Å². The van der Waals surface area contributed by atoms with Crippen molar-refractivity contribution in [2.75, 3.05) is 14.2 Å². The van der Waals surface area contributed by atoms with Crippen molar-refractivity contribution in [3.05, 3.63) is 46.5 Å². The maximum absolute atomic E-state index is 13.2. The first kappa shape index (κ1) is 29.0. The van der Waals surface area contributed by atoms with E-state index in [2.05, 4.69) is 0 Å². The third kappa shape index (κ3) is 3.48. The molecule has 0 radical (unpaired) electrons. The predicted molar refractivity (Wildman–Crippen MR) is 146 cm³/mol. The molecule has 230 valence electrons. The number of aliphatic hydroxyl groups is 4. The van der Waals surface area contributed by atoms with Crippen LogP contribution in [0.3, 0.4) is 0 Å². The summed E-state index contributed by atoms with van der Waals surface area (Å²) in [6, 6.07) is 4.71. The summed E-state index contributed by atoms with van der Waals surface area (Å²) in [4.78, 5) is 52.4. The molecule has 0 amide bonds. The van der Waals surface area contributed by atoms with Crippen LogP contribution in [0.25, 0.3) is 22.6 Å². The van der Waals surface area contributed by atoms with Crippen molar-refractivity contribution < 1.29 is 68.8 Å². The summed E-state index contributed by atoms with van der Waals surface area (Å²) in [5, 5.41) is 66.3. The molecule has 0 spiro atoms. The quantitative estimate of drug-likeness (QED) is 0.270. The van der Waals surface area contributed by atoms with Crippen molar-refractivity contribution in [1.82, 2.24) is 0 Å². The Morgan fingerprint density at radius 3 is 1.41 bits per heavy atom. The molecule has 2 aliphatic heterocycles. The Morgan fingerprint density at radius 2 is 1.07 bits per heavy atom. The standard InChI is InChI=1S/C30H26O14/c1-41-27(39)29-17(35)9-7-15(33)21(29)23(37)19-13(31)5-3-11(25(19)43-29)12-4-6-14(32)20-24(38)22-16(34)8-10-18(36)30(22,28(40)42-2)44-26(12)20/h3-6,17-18,31-32,35-38H,7-10H2,1-2H3/t17-,18-,29+,30+/m0/s1. The molecule has 14 heteroatoms. The Kier molecular flexibility index (Phi) is 6.41. The number of aliphatic hydroxyl groups excluding tert-OH is 4. The van der Waals surface area contributed by atoms with Gasteiger partial charge in [0.2, 0.25) is 0 Å². The third-order valence-electron chi connectivity index (χ3n) is 8.54. The molecule has 2 fully saturated rings. The van der Waals surface area contributed by atoms with E-state index in [1.54, 1.807) is 0 Å². The number of fused-ring (bicyclic) bond motifs is 4. The number of hydrogen-bond donors (Lipinski definition) is 6. The molecule has 2 saturated carbocycles. The molecule has 14 nitrogen and oxygen atoms in total. The van der Waals surface area contributed by atoms with Crippen LogP contribution in [0.2, 0.25) is 0 Å². The average molecular weight is 611 g/mol. The molecule has 44 heavy (non-hydrogen) atoms. The van der Waals surface area contributed by atoms with Gasteiger partial charge in [-0.2, -0.15) is 0 Å². The van der Waals surface area contributed by atoms with Gasteiger partial charge in [0.05, 0.1) is 25.4 Å². The highest BCUT2D eigenvalue weighted by Gasteiger charge is 2.63. The molecule has 0 unspecified atom stereocenters. The molecular weight excluding hydrogens is 584 g/mol. The van der Waals surface area contributed by atoms with Crippen LogP contribution in [-0.2, 0) is 28.7 Å². The predicted octanol–water partition coefficient (Wildman–Crippen LogP) is 1.36. The van der Waals surface area contributed by atoms with Gasteiger partial charge in [0, 0.05) is 24.0 Å². The number of aromatic hydroxyl groups is 2. The van der Waals surface area contributed by atoms with E-state index in [4.69, 9.17) is 18.9 Å². The van der Waals surface area contributed by atoms with Crippen LogP contribution < -0.4 is 9.47 Å². The van der Waals surface area contributed by atoms with Crippen LogP contribution in [-0.4, -0.2) is 91.8 Å². The first-order valence-corrected chi connectivity index (χ1v) is 13.4. The lowest BCUT2D eigenvalue weighted by Gasteiger charge is -2.44. The van der Waals surface area contributed by atoms with Crippen LogP contribution >= 0.6 is 0 Å². The highest BCUT2D eigenvalue weighted by Crippen LogP contribution is 2.57. The van der Waals surface area contributed by atoms with E-state index in [0.717, 1.165) is 26.4 Å². The fraction of sp³-hybridized carbons (Fsp3) is 0.333. The van der Waals surface area contributed by atoms with Crippen LogP contribution in [0.1, 0.15) is 36.8 Å². The van der Waals surface area contributed by atoms with Crippen molar-refractivity contribution in [3.8, 4) is 34.1 Å². The number of carbonyl (C=O) groups is 4. The zero-order valence-corrected chi connectivity index (χ0v) is 23.2. The van der Waals surface area contributed by atoms with Gasteiger partial charge in [-0.15, -0.1) is 0 Å². The van der Waals surface area contributed by atoms with Gasteiger partial charge in [0.15, 0.2) is 11.6 Å². The van der Waals surface area contributed by atoms with E-state index in [1.165, 1.54) is 12.1 Å². The molecule has 4 atom stereocenters. The van der Waals surface area contributed by atoms with Crippen molar-refractivity contribution >= 4 is 35.0 Å². The van der Waals surface area contributed by atoms with Gasteiger partial charge < -0.3 is 49.6 Å². The smallest absolute Gasteiger partial charge is 0.358 e. The third-order valence-corrected chi connectivity index (χ3v) is 8.54. The molecule has 4 aliphatic rings. The Balaban J connectivity index is 1.68. The highest BCUT2D eigenvalue weighted by molar-refractivity contribution is 6.14. The average Bonchev–Trinajstić information content (AvgIpc) is 3.00. The van der Waals surface area contributed by atoms with Crippen LogP contribution in [0.5, 0.6) is 23.0 Å². The molecule has 0 bridgehead atoms. The number of phenolic OH excluding ortho intramolecular Hbond substituents is 2. The summed E-state index contributed by atoms with van der Waals surface area (Å²) in [5.41, 5.74) is -7.40. The molecule has 2 heterocycles. The number of Topliss-reactive ketones (excluding diaryl/α,β-unsaturated/α-hetero) is 2. The number of ketones is 2. The van der Waals surface area contributed by atoms with Crippen LogP contribution in [0.15, 0.2) is 35.4 Å². The summed E-state index contributed by atoms with van der Waals surface area (Å²) in [6.07, 6.45) is -4.33. The van der Waals surface area contributed by atoms with E-state index in [9.17, 15) is 49.8 Å². The fourth-order valence-electron chi connectivity index (χ4n) is 6.47. The Bertz CT molecular complexity index is 1620. The zero-order valence-electron chi connectivity index (χ0n) is 23.2. The molecule has 2 aromatic rings. The summed E-state index contributed by atoms with van der Waals surface area (Å²) >= 11 is 0. The van der Waals surface area contributed by atoms with Crippen molar-refractivity contribution in [2.45, 2.75) is 49.1 Å². The van der Waals surface area contributed by atoms with Crippen molar-refractivity contribution in [2.24, 2.45) is 0 Å². The van der Waals surface area contributed by atoms with Crippen molar-refractivity contribution in [1.29, 1.82) is 0 Å². The number of rotatable bonds is 3. The maximum Gasteiger partial charge on any atom is 0.358 e. The van der Waals surface area contributed by atoms with Gasteiger partial charge in [-0.05, 0) is 37.1 Å². The molecule has 6 rings (SSSR count). The van der Waals surface area contributed by atoms with Gasteiger partial charge in [-0.25, -0.2) is 9.59 Å². The minimum Gasteiger partial charge on any atom is -0.507 e. The SMILES string of the molecule is COC(=O)[C@]12Oc3c(-c4ccc(O)c5c4O[C@@]4(C(=O)OC)C(=C5O)C(=O)CC[C@@H]4O)ccc(O)c3C(O)=C1C(=O)CC[C@@H]2O. The minimum atomic E-state index is -2.55. The topological polar surface area (TPSA) is 227 Å². The summed E-state index contributed by atoms with van der Waals surface area (Å²) in [5.74, 6) is -7.70. The second-order valence-electron chi connectivity index (χ2n) is 10.7. The number of hydrogen-bond acceptors (Lipinski definition) is 14. The number of ether oxygens (including phenoxy) is 4. The van der Waals surface area contributed by atoms with Crippen molar-refractivity contribution in [3.63, 3.8) is 0 Å². The molecule has 0 saturated heterocycles. The van der Waals surface area contributed by atoms with Gasteiger partial charge in [0.25, 0.3) is 11.2 Å². The molecule has 6 N–H and O–H groups in total. The van der Waals surface area contributed by atoms with E-state index < -0.39 is 104 Å². The lowest BCUT2D eigenvalue weighted by Crippen LogP contribution is -2.62. The van der Waals surface area contributed by atoms with E-state index in [0.29, 0.717) is 0 Å². The van der Waals surface area contributed by atoms with E-state index in [-0.39, 0.29) is 36.8 Å². The number of phenols is 2. The number of esters is 2. The first-order chi connectivity index (χ1) is 20.9. The van der Waals surface area contributed by atoms with Gasteiger partial charge in [-0.3, -0.25) is 9.59 Å². The lowest BCUT2D eigenvalue weighted by atomic mass is 9.73. The van der Waals surface area contributed by atoms with E-state index in [1.807, 2.05) is 0 Å². The Morgan fingerprint density at radius 1 is 0.705 bits per heavy atom. The lowest BCUT2D eigenvalue weighted by molar-refractivity contribution is -0.170. The van der Waals surface area contributed by atoms with Gasteiger partial charge >= 0.3 is 11.9 Å².